The molecule has 2 aromatic carbocycles. The van der Waals surface area contributed by atoms with Gasteiger partial charge < -0.3 is 9.80 Å². The number of nitrogens with zero attached hydrogens (tertiary/aromatic N) is 2. The molecule has 3 nitrogen and oxygen atoms in total. The average Bonchev–Trinajstić information content (AvgIpc) is 3.22. The predicted octanol–water partition coefficient (Wildman–Crippen LogP) is 4.58. The quantitative estimate of drug-likeness (QED) is 0.741. The summed E-state index contributed by atoms with van der Waals surface area (Å²) < 4.78 is 26.5. The van der Waals surface area contributed by atoms with Gasteiger partial charge in [-0.1, -0.05) is 31.0 Å². The number of amides is 1. The van der Waals surface area contributed by atoms with Gasteiger partial charge in [-0.15, -0.1) is 0 Å². The lowest BCUT2D eigenvalue weighted by Gasteiger charge is -2.26. The molecule has 0 unspecified atom stereocenters. The minimum atomic E-state index is -0.876. The molecule has 0 aromatic heterocycles. The molecule has 0 atom stereocenters. The van der Waals surface area contributed by atoms with Crippen LogP contribution in [0.1, 0.15) is 36.0 Å². The maximum atomic E-state index is 13.4. The van der Waals surface area contributed by atoms with Crippen molar-refractivity contribution in [1.82, 2.24) is 9.80 Å². The third kappa shape index (κ3) is 4.72. The molecule has 0 aliphatic heterocycles. The standard InChI is InChI=1S/C22H26F2N2O/c1-25(19-5-3-4-6-19)13-14-26(2)22(27)17-9-7-16(8-10-17)18-11-12-20(23)21(24)15-18/h7-12,15,19H,3-6,13-14H2,1-2H3. The fourth-order valence-electron chi connectivity index (χ4n) is 3.64. The zero-order valence-corrected chi connectivity index (χ0v) is 15.9. The van der Waals surface area contributed by atoms with Crippen molar-refractivity contribution in [2.24, 2.45) is 0 Å². The molecule has 1 aliphatic carbocycles. The average molecular weight is 372 g/mol. The van der Waals surface area contributed by atoms with E-state index in [4.69, 9.17) is 0 Å². The van der Waals surface area contributed by atoms with Gasteiger partial charge in [0.05, 0.1) is 0 Å². The van der Waals surface area contributed by atoms with E-state index in [9.17, 15) is 13.6 Å². The molecule has 1 amide bonds. The van der Waals surface area contributed by atoms with Crippen molar-refractivity contribution >= 4 is 5.91 Å². The molecular formula is C22H26F2N2O. The Labute approximate surface area is 159 Å². The fraction of sp³-hybridized carbons (Fsp3) is 0.409. The van der Waals surface area contributed by atoms with E-state index >= 15 is 0 Å². The van der Waals surface area contributed by atoms with Crippen LogP contribution in [0.15, 0.2) is 42.5 Å². The minimum Gasteiger partial charge on any atom is -0.340 e. The highest BCUT2D eigenvalue weighted by Crippen LogP contribution is 2.23. The summed E-state index contributed by atoms with van der Waals surface area (Å²) in [7, 11) is 3.94. The fourth-order valence-corrected chi connectivity index (χ4v) is 3.64. The Hall–Kier alpha value is -2.27. The first-order valence-electron chi connectivity index (χ1n) is 9.47. The Morgan fingerprint density at radius 2 is 1.56 bits per heavy atom. The van der Waals surface area contributed by atoms with E-state index in [1.54, 1.807) is 29.2 Å². The van der Waals surface area contributed by atoms with E-state index in [1.807, 2.05) is 7.05 Å². The number of rotatable bonds is 6. The van der Waals surface area contributed by atoms with E-state index in [1.165, 1.54) is 31.7 Å². The number of likely N-dealkylation sites (N-methyl/N-ethyl adjacent to an activating group) is 2. The number of benzene rings is 2. The molecule has 1 fully saturated rings. The normalized spacial score (nSPS) is 14.7. The zero-order chi connectivity index (χ0) is 19.4. The SMILES string of the molecule is CN(CCN(C)C1CCCC1)C(=O)c1ccc(-c2ccc(F)c(F)c2)cc1. The van der Waals surface area contributed by atoms with Crippen molar-refractivity contribution < 1.29 is 13.6 Å². The third-order valence-corrected chi connectivity index (χ3v) is 5.47. The summed E-state index contributed by atoms with van der Waals surface area (Å²) >= 11 is 0. The second-order valence-corrected chi connectivity index (χ2v) is 7.35. The van der Waals surface area contributed by atoms with Crippen LogP contribution in [-0.4, -0.2) is 48.9 Å². The molecule has 0 radical (unpaired) electrons. The Bertz CT molecular complexity index is 785. The van der Waals surface area contributed by atoms with Crippen LogP contribution in [0.2, 0.25) is 0 Å². The molecular weight excluding hydrogens is 346 g/mol. The molecule has 0 bridgehead atoms. The summed E-state index contributed by atoms with van der Waals surface area (Å²) in [5, 5.41) is 0. The van der Waals surface area contributed by atoms with E-state index in [0.29, 0.717) is 23.7 Å². The van der Waals surface area contributed by atoms with Crippen molar-refractivity contribution in [2.75, 3.05) is 27.2 Å². The molecule has 2 aromatic rings. The maximum absolute atomic E-state index is 13.4. The zero-order valence-electron chi connectivity index (χ0n) is 15.9. The Kier molecular flexibility index (Phi) is 6.22. The Morgan fingerprint density at radius 3 is 2.19 bits per heavy atom. The van der Waals surface area contributed by atoms with Gasteiger partial charge in [0.2, 0.25) is 0 Å². The Morgan fingerprint density at radius 1 is 0.926 bits per heavy atom. The van der Waals surface area contributed by atoms with E-state index in [-0.39, 0.29) is 5.91 Å². The number of hydrogen-bond donors (Lipinski definition) is 0. The third-order valence-electron chi connectivity index (χ3n) is 5.47. The topological polar surface area (TPSA) is 23.6 Å². The molecule has 0 saturated heterocycles. The molecule has 1 aliphatic rings. The van der Waals surface area contributed by atoms with Crippen LogP contribution in [0.5, 0.6) is 0 Å². The van der Waals surface area contributed by atoms with Gasteiger partial charge in [-0.25, -0.2) is 8.78 Å². The van der Waals surface area contributed by atoms with Gasteiger partial charge in [-0.05, 0) is 55.3 Å². The van der Waals surface area contributed by atoms with Crippen LogP contribution in [-0.2, 0) is 0 Å². The molecule has 3 rings (SSSR count). The smallest absolute Gasteiger partial charge is 0.253 e. The lowest BCUT2D eigenvalue weighted by molar-refractivity contribution is 0.0774. The van der Waals surface area contributed by atoms with Gasteiger partial charge in [0.15, 0.2) is 11.6 Å². The molecule has 144 valence electrons. The van der Waals surface area contributed by atoms with Crippen molar-refractivity contribution in [3.05, 3.63) is 59.7 Å². The van der Waals surface area contributed by atoms with Gasteiger partial charge in [0.1, 0.15) is 0 Å². The van der Waals surface area contributed by atoms with E-state index < -0.39 is 11.6 Å². The first-order chi connectivity index (χ1) is 13.0. The number of halogens is 2. The summed E-state index contributed by atoms with van der Waals surface area (Å²) in [5.41, 5.74) is 1.92. The molecule has 1 saturated carbocycles. The number of carbonyl (C=O) groups is 1. The lowest BCUT2D eigenvalue weighted by Crippen LogP contribution is -2.38. The van der Waals surface area contributed by atoms with Crippen LogP contribution in [0, 0.1) is 11.6 Å². The van der Waals surface area contributed by atoms with Crippen molar-refractivity contribution in [3.63, 3.8) is 0 Å². The lowest BCUT2D eigenvalue weighted by atomic mass is 10.0. The van der Waals surface area contributed by atoms with Crippen molar-refractivity contribution in [1.29, 1.82) is 0 Å². The number of hydrogen-bond acceptors (Lipinski definition) is 2. The summed E-state index contributed by atoms with van der Waals surface area (Å²) in [4.78, 5) is 16.7. The second kappa shape index (κ2) is 8.61. The Balaban J connectivity index is 1.60. The molecule has 27 heavy (non-hydrogen) atoms. The van der Waals surface area contributed by atoms with Crippen LogP contribution < -0.4 is 0 Å². The van der Waals surface area contributed by atoms with Crippen LogP contribution in [0.3, 0.4) is 0 Å². The van der Waals surface area contributed by atoms with Gasteiger partial charge in [-0.3, -0.25) is 4.79 Å². The first-order valence-corrected chi connectivity index (χ1v) is 9.47. The van der Waals surface area contributed by atoms with E-state index in [2.05, 4.69) is 11.9 Å². The van der Waals surface area contributed by atoms with Gasteiger partial charge in [-0.2, -0.15) is 0 Å². The summed E-state index contributed by atoms with van der Waals surface area (Å²) in [6.07, 6.45) is 5.10. The van der Waals surface area contributed by atoms with Crippen LogP contribution >= 0.6 is 0 Å². The van der Waals surface area contributed by atoms with Crippen LogP contribution in [0.25, 0.3) is 11.1 Å². The highest BCUT2D eigenvalue weighted by Gasteiger charge is 2.20. The predicted molar refractivity (Wildman–Crippen MR) is 104 cm³/mol. The number of carbonyl (C=O) groups excluding carboxylic acids is 1. The summed E-state index contributed by atoms with van der Waals surface area (Å²) in [6.45, 7) is 1.54. The van der Waals surface area contributed by atoms with Gasteiger partial charge in [0, 0.05) is 31.7 Å². The van der Waals surface area contributed by atoms with Crippen LogP contribution in [0.4, 0.5) is 8.78 Å². The van der Waals surface area contributed by atoms with E-state index in [0.717, 1.165) is 24.2 Å². The molecule has 0 N–H and O–H groups in total. The highest BCUT2D eigenvalue weighted by molar-refractivity contribution is 5.94. The van der Waals surface area contributed by atoms with Crippen molar-refractivity contribution in [3.8, 4) is 11.1 Å². The largest absolute Gasteiger partial charge is 0.340 e. The maximum Gasteiger partial charge on any atom is 0.253 e. The first kappa shape index (κ1) is 19.5. The van der Waals surface area contributed by atoms with Crippen molar-refractivity contribution in [2.45, 2.75) is 31.7 Å². The summed E-state index contributed by atoms with van der Waals surface area (Å²) in [6, 6.07) is 11.4. The molecule has 0 heterocycles. The second-order valence-electron chi connectivity index (χ2n) is 7.35. The van der Waals surface area contributed by atoms with Gasteiger partial charge >= 0.3 is 0 Å². The molecule has 0 spiro atoms. The van der Waals surface area contributed by atoms with Gasteiger partial charge in [0.25, 0.3) is 5.91 Å². The monoisotopic (exact) mass is 372 g/mol. The minimum absolute atomic E-state index is 0.0355. The molecule has 5 heteroatoms. The highest BCUT2D eigenvalue weighted by atomic mass is 19.2. The summed E-state index contributed by atoms with van der Waals surface area (Å²) in [5.74, 6) is -1.78.